The Morgan fingerprint density at radius 2 is 2.00 bits per heavy atom. The Labute approximate surface area is 149 Å². The van der Waals surface area contributed by atoms with Crippen LogP contribution in [-0.4, -0.2) is 30.0 Å². The first-order valence-electron chi connectivity index (χ1n) is 7.87. The van der Waals surface area contributed by atoms with E-state index in [1.165, 1.54) is 18.2 Å². The fourth-order valence-electron chi connectivity index (χ4n) is 2.50. The first-order valence-corrected chi connectivity index (χ1v) is 7.87. The molecule has 0 saturated carbocycles. The molecule has 0 N–H and O–H groups in total. The maximum atomic E-state index is 12.1. The minimum atomic E-state index is -0.613. The summed E-state index contributed by atoms with van der Waals surface area (Å²) < 4.78 is 10.5. The average molecular weight is 356 g/mol. The highest BCUT2D eigenvalue weighted by atomic mass is 16.6. The molecule has 8 nitrogen and oxygen atoms in total. The molecule has 0 unspecified atom stereocenters. The van der Waals surface area contributed by atoms with Gasteiger partial charge in [-0.25, -0.2) is 0 Å². The second-order valence-electron chi connectivity index (χ2n) is 5.82. The number of aryl methyl sites for hydroxylation is 1. The number of nitro benzene ring substituents is 1. The van der Waals surface area contributed by atoms with Gasteiger partial charge in [-0.3, -0.25) is 24.6 Å². The highest BCUT2D eigenvalue weighted by Gasteiger charge is 2.29. The van der Waals surface area contributed by atoms with Gasteiger partial charge >= 0.3 is 5.97 Å². The van der Waals surface area contributed by atoms with Crippen LogP contribution in [0.3, 0.4) is 0 Å². The number of carbonyl (C=O) groups excluding carboxylic acids is 2. The summed E-state index contributed by atoms with van der Waals surface area (Å²) in [6, 6.07) is 11.4. The van der Waals surface area contributed by atoms with Gasteiger partial charge in [-0.1, -0.05) is 29.8 Å². The summed E-state index contributed by atoms with van der Waals surface area (Å²) in [4.78, 5) is 35.8. The molecule has 8 heteroatoms. The molecular weight excluding hydrogens is 340 g/mol. The Hall–Kier alpha value is -3.42. The molecule has 0 fully saturated rings. The minimum Gasteiger partial charge on any atom is -0.482 e. The van der Waals surface area contributed by atoms with Crippen LogP contribution in [0.1, 0.15) is 11.1 Å². The Balaban J connectivity index is 1.71. The third kappa shape index (κ3) is 3.80. The van der Waals surface area contributed by atoms with Gasteiger partial charge in [0.05, 0.1) is 10.6 Å². The van der Waals surface area contributed by atoms with E-state index < -0.39 is 16.8 Å². The quantitative estimate of drug-likeness (QED) is 0.463. The number of ether oxygens (including phenoxy) is 2. The molecule has 3 rings (SSSR count). The largest absolute Gasteiger partial charge is 0.482 e. The minimum absolute atomic E-state index is 0.0828. The van der Waals surface area contributed by atoms with Crippen molar-refractivity contribution in [3.63, 3.8) is 0 Å². The standard InChI is InChI=1S/C18H16N2O6/c1-12-2-4-13(5-3-12)10-26-18(22)9-19-15-8-14(20(23)24)6-7-16(15)25-11-17(19)21/h2-8H,9-11H2,1H3. The van der Waals surface area contributed by atoms with Gasteiger partial charge < -0.3 is 9.47 Å². The lowest BCUT2D eigenvalue weighted by molar-refractivity contribution is -0.384. The number of anilines is 1. The van der Waals surface area contributed by atoms with Crippen LogP contribution in [0.4, 0.5) is 11.4 Å². The van der Waals surface area contributed by atoms with Gasteiger partial charge in [-0.05, 0) is 18.6 Å². The normalized spacial score (nSPS) is 13.0. The number of hydrogen-bond acceptors (Lipinski definition) is 6. The Kier molecular flexibility index (Phi) is 4.83. The summed E-state index contributed by atoms with van der Waals surface area (Å²) in [7, 11) is 0. The molecule has 0 aliphatic carbocycles. The number of nitro groups is 1. The molecule has 0 atom stereocenters. The van der Waals surface area contributed by atoms with E-state index in [0.717, 1.165) is 16.0 Å². The molecule has 1 heterocycles. The van der Waals surface area contributed by atoms with Crippen LogP contribution < -0.4 is 9.64 Å². The Morgan fingerprint density at radius 1 is 1.27 bits per heavy atom. The lowest BCUT2D eigenvalue weighted by atomic mass is 10.2. The number of hydrogen-bond donors (Lipinski definition) is 0. The maximum Gasteiger partial charge on any atom is 0.326 e. The van der Waals surface area contributed by atoms with Gasteiger partial charge in [0.1, 0.15) is 18.9 Å². The van der Waals surface area contributed by atoms with Crippen LogP contribution in [-0.2, 0) is 20.9 Å². The van der Waals surface area contributed by atoms with Crippen molar-refractivity contribution in [2.24, 2.45) is 0 Å². The number of rotatable bonds is 5. The van der Waals surface area contributed by atoms with E-state index in [9.17, 15) is 19.7 Å². The predicted molar refractivity (Wildman–Crippen MR) is 91.9 cm³/mol. The fourth-order valence-corrected chi connectivity index (χ4v) is 2.50. The van der Waals surface area contributed by atoms with Crippen LogP contribution >= 0.6 is 0 Å². The lowest BCUT2D eigenvalue weighted by Crippen LogP contribution is -2.42. The van der Waals surface area contributed by atoms with Crippen LogP contribution in [0.25, 0.3) is 0 Å². The van der Waals surface area contributed by atoms with Crippen molar-refractivity contribution in [1.82, 2.24) is 0 Å². The third-order valence-corrected chi connectivity index (χ3v) is 3.90. The van der Waals surface area contributed by atoms with E-state index in [1.807, 2.05) is 31.2 Å². The van der Waals surface area contributed by atoms with E-state index in [2.05, 4.69) is 0 Å². The van der Waals surface area contributed by atoms with Crippen LogP contribution in [0.2, 0.25) is 0 Å². The van der Waals surface area contributed by atoms with Gasteiger partial charge in [0, 0.05) is 12.1 Å². The van der Waals surface area contributed by atoms with E-state index in [1.54, 1.807) is 0 Å². The molecule has 0 spiro atoms. The topological polar surface area (TPSA) is 99.0 Å². The van der Waals surface area contributed by atoms with Crippen molar-refractivity contribution in [2.45, 2.75) is 13.5 Å². The summed E-state index contributed by atoms with van der Waals surface area (Å²) in [6.07, 6.45) is 0. The fraction of sp³-hybridized carbons (Fsp3) is 0.222. The molecule has 26 heavy (non-hydrogen) atoms. The van der Waals surface area contributed by atoms with Crippen molar-refractivity contribution in [2.75, 3.05) is 18.1 Å². The SMILES string of the molecule is Cc1ccc(COC(=O)CN2C(=O)COc3ccc([N+](=O)[O-])cc32)cc1. The number of non-ortho nitro benzene ring substituents is 1. The van der Waals surface area contributed by atoms with Gasteiger partial charge in [0.2, 0.25) is 0 Å². The zero-order valence-electron chi connectivity index (χ0n) is 14.0. The monoisotopic (exact) mass is 356 g/mol. The molecule has 134 valence electrons. The molecule has 0 aromatic heterocycles. The van der Waals surface area contributed by atoms with Crippen molar-refractivity contribution < 1.29 is 24.0 Å². The molecule has 2 aromatic carbocycles. The van der Waals surface area contributed by atoms with Gasteiger partial charge in [-0.15, -0.1) is 0 Å². The second kappa shape index (κ2) is 7.22. The summed E-state index contributed by atoms with van der Waals surface area (Å²) >= 11 is 0. The number of carbonyl (C=O) groups is 2. The highest BCUT2D eigenvalue weighted by Crippen LogP contribution is 2.35. The Morgan fingerprint density at radius 3 is 2.69 bits per heavy atom. The Bertz CT molecular complexity index is 862. The summed E-state index contributed by atoms with van der Waals surface area (Å²) in [5.74, 6) is -0.773. The molecule has 1 aliphatic heterocycles. The average Bonchev–Trinajstić information content (AvgIpc) is 2.63. The van der Waals surface area contributed by atoms with Crippen LogP contribution in [0.15, 0.2) is 42.5 Å². The first kappa shape index (κ1) is 17.4. The number of fused-ring (bicyclic) bond motifs is 1. The maximum absolute atomic E-state index is 12.1. The van der Waals surface area contributed by atoms with Gasteiger partial charge in [0.15, 0.2) is 6.61 Å². The molecular formula is C18H16N2O6. The first-order chi connectivity index (χ1) is 12.4. The zero-order valence-corrected chi connectivity index (χ0v) is 14.0. The summed E-state index contributed by atoms with van der Waals surface area (Å²) in [5.41, 5.74) is 1.91. The van der Waals surface area contributed by atoms with E-state index in [4.69, 9.17) is 9.47 Å². The smallest absolute Gasteiger partial charge is 0.326 e. The molecule has 1 amide bonds. The van der Waals surface area contributed by atoms with E-state index >= 15 is 0 Å². The second-order valence-corrected chi connectivity index (χ2v) is 5.82. The lowest BCUT2D eigenvalue weighted by Gasteiger charge is -2.28. The molecule has 0 radical (unpaired) electrons. The summed E-state index contributed by atoms with van der Waals surface area (Å²) in [5, 5.41) is 11.0. The zero-order chi connectivity index (χ0) is 18.7. The van der Waals surface area contributed by atoms with E-state index in [0.29, 0.717) is 5.75 Å². The van der Waals surface area contributed by atoms with Crippen LogP contribution in [0.5, 0.6) is 5.75 Å². The number of esters is 1. The van der Waals surface area contributed by atoms with Crippen molar-refractivity contribution >= 4 is 23.3 Å². The van der Waals surface area contributed by atoms with Crippen LogP contribution in [0, 0.1) is 17.0 Å². The molecule has 2 aromatic rings. The van der Waals surface area contributed by atoms with Crippen molar-refractivity contribution in [3.05, 3.63) is 63.7 Å². The number of amides is 1. The molecule has 0 saturated heterocycles. The van der Waals surface area contributed by atoms with Crippen molar-refractivity contribution in [3.8, 4) is 5.75 Å². The summed E-state index contributed by atoms with van der Waals surface area (Å²) in [6.45, 7) is 1.45. The number of nitrogens with zero attached hydrogens (tertiary/aromatic N) is 2. The predicted octanol–water partition coefficient (Wildman–Crippen LogP) is 2.37. The molecule has 1 aliphatic rings. The van der Waals surface area contributed by atoms with Gasteiger partial charge in [0.25, 0.3) is 11.6 Å². The highest BCUT2D eigenvalue weighted by molar-refractivity contribution is 6.01. The third-order valence-electron chi connectivity index (χ3n) is 3.90. The molecule has 0 bridgehead atoms. The number of benzene rings is 2. The van der Waals surface area contributed by atoms with E-state index in [-0.39, 0.29) is 31.1 Å². The van der Waals surface area contributed by atoms with Crippen molar-refractivity contribution in [1.29, 1.82) is 0 Å². The van der Waals surface area contributed by atoms with Gasteiger partial charge in [-0.2, -0.15) is 0 Å².